The molecule has 0 unspecified atom stereocenters. The molecular weight excluding hydrogens is 216 g/mol. The number of nitrogens with one attached hydrogen (secondary N) is 2. The van der Waals surface area contributed by atoms with Crippen LogP contribution in [-0.4, -0.2) is 33.2 Å². The van der Waals surface area contributed by atoms with Crippen molar-refractivity contribution >= 4 is 11.6 Å². The van der Waals surface area contributed by atoms with Crippen LogP contribution in [0.15, 0.2) is 24.3 Å². The van der Waals surface area contributed by atoms with Crippen LogP contribution in [0.1, 0.15) is 12.0 Å². The number of ether oxygens (including phenoxy) is 1. The highest BCUT2D eigenvalue weighted by atomic mass is 16.5. The lowest BCUT2D eigenvalue weighted by atomic mass is 10.1. The van der Waals surface area contributed by atoms with Gasteiger partial charge in [0.05, 0.1) is 6.61 Å². The van der Waals surface area contributed by atoms with Gasteiger partial charge in [-0.2, -0.15) is 0 Å². The van der Waals surface area contributed by atoms with Crippen LogP contribution in [0.5, 0.6) is 0 Å². The molecule has 0 heterocycles. The van der Waals surface area contributed by atoms with E-state index in [2.05, 4.69) is 16.7 Å². The predicted molar refractivity (Wildman–Crippen MR) is 69.2 cm³/mol. The molecule has 1 amide bonds. The lowest BCUT2D eigenvalue weighted by molar-refractivity contribution is -0.120. The fourth-order valence-electron chi connectivity index (χ4n) is 1.56. The van der Waals surface area contributed by atoms with Crippen molar-refractivity contribution in [2.45, 2.75) is 12.8 Å². The second-order valence-electron chi connectivity index (χ2n) is 3.75. The molecule has 4 heteroatoms. The van der Waals surface area contributed by atoms with Crippen LogP contribution in [0.4, 0.5) is 5.69 Å². The zero-order valence-corrected chi connectivity index (χ0v) is 10.5. The smallest absolute Gasteiger partial charge is 0.221 e. The first-order valence-electron chi connectivity index (χ1n) is 5.79. The molecule has 0 aliphatic rings. The van der Waals surface area contributed by atoms with Crippen molar-refractivity contribution in [3.05, 3.63) is 29.8 Å². The Bertz CT molecular complexity index is 353. The maximum Gasteiger partial charge on any atom is 0.221 e. The zero-order chi connectivity index (χ0) is 12.5. The van der Waals surface area contributed by atoms with Gasteiger partial charge >= 0.3 is 0 Å². The molecule has 0 aromatic heterocycles. The summed E-state index contributed by atoms with van der Waals surface area (Å²) >= 11 is 0. The van der Waals surface area contributed by atoms with Crippen molar-refractivity contribution in [2.24, 2.45) is 0 Å². The van der Waals surface area contributed by atoms with Gasteiger partial charge in [-0.1, -0.05) is 18.2 Å². The molecule has 2 N–H and O–H groups in total. The highest BCUT2D eigenvalue weighted by molar-refractivity contribution is 5.76. The van der Waals surface area contributed by atoms with Gasteiger partial charge in [-0.3, -0.25) is 4.79 Å². The summed E-state index contributed by atoms with van der Waals surface area (Å²) in [7, 11) is 3.34. The Kier molecular flexibility index (Phi) is 6.10. The number of carbonyl (C=O) groups is 1. The third-order valence-electron chi connectivity index (χ3n) is 2.54. The van der Waals surface area contributed by atoms with Gasteiger partial charge in [0.2, 0.25) is 5.91 Å². The molecule has 0 fully saturated rings. The fraction of sp³-hybridized carbons (Fsp3) is 0.462. The Morgan fingerprint density at radius 2 is 2.12 bits per heavy atom. The average molecular weight is 236 g/mol. The molecule has 0 aliphatic heterocycles. The third-order valence-corrected chi connectivity index (χ3v) is 2.54. The molecular formula is C13H20N2O2. The van der Waals surface area contributed by atoms with E-state index in [4.69, 9.17) is 4.74 Å². The summed E-state index contributed by atoms with van der Waals surface area (Å²) < 4.78 is 5.07. The molecule has 0 atom stereocenters. The topological polar surface area (TPSA) is 50.4 Å². The first-order valence-corrected chi connectivity index (χ1v) is 5.79. The Labute approximate surface area is 102 Å². The summed E-state index contributed by atoms with van der Waals surface area (Å²) in [4.78, 5) is 11.1. The molecule has 1 aromatic carbocycles. The number of anilines is 1. The number of rotatable bonds is 7. The van der Waals surface area contributed by atoms with Crippen molar-refractivity contribution < 1.29 is 9.53 Å². The molecule has 94 valence electrons. The number of amides is 1. The SMILES string of the molecule is CNC(=O)CCNc1ccccc1CCOC. The second-order valence-corrected chi connectivity index (χ2v) is 3.75. The molecule has 0 bridgehead atoms. The van der Waals surface area contributed by atoms with Crippen LogP contribution in [-0.2, 0) is 16.0 Å². The van der Waals surface area contributed by atoms with E-state index in [1.807, 2.05) is 18.2 Å². The third kappa shape index (κ3) is 4.87. The highest BCUT2D eigenvalue weighted by Gasteiger charge is 2.02. The van der Waals surface area contributed by atoms with Crippen molar-refractivity contribution in [3.8, 4) is 0 Å². The molecule has 0 saturated carbocycles. The summed E-state index contributed by atoms with van der Waals surface area (Å²) in [5, 5.41) is 5.87. The van der Waals surface area contributed by atoms with Gasteiger partial charge in [0.1, 0.15) is 0 Å². The van der Waals surface area contributed by atoms with E-state index < -0.39 is 0 Å². The maximum absolute atomic E-state index is 11.1. The number of hydrogen-bond acceptors (Lipinski definition) is 3. The van der Waals surface area contributed by atoms with Crippen molar-refractivity contribution in [3.63, 3.8) is 0 Å². The maximum atomic E-state index is 11.1. The van der Waals surface area contributed by atoms with Gasteiger partial charge in [-0.05, 0) is 18.1 Å². The van der Waals surface area contributed by atoms with E-state index in [0.717, 1.165) is 12.1 Å². The number of methoxy groups -OCH3 is 1. The molecule has 0 spiro atoms. The van der Waals surface area contributed by atoms with Crippen LogP contribution in [0, 0.1) is 0 Å². The number of carbonyl (C=O) groups excluding carboxylic acids is 1. The van der Waals surface area contributed by atoms with Gasteiger partial charge in [-0.15, -0.1) is 0 Å². The quantitative estimate of drug-likeness (QED) is 0.753. The van der Waals surface area contributed by atoms with E-state index >= 15 is 0 Å². The van der Waals surface area contributed by atoms with E-state index in [0.29, 0.717) is 19.6 Å². The van der Waals surface area contributed by atoms with Gasteiger partial charge in [0.15, 0.2) is 0 Å². The summed E-state index contributed by atoms with van der Waals surface area (Å²) in [6.07, 6.45) is 1.36. The first kappa shape index (κ1) is 13.5. The van der Waals surface area contributed by atoms with E-state index in [9.17, 15) is 4.79 Å². The summed E-state index contributed by atoms with van der Waals surface area (Å²) in [6, 6.07) is 8.09. The molecule has 1 rings (SSSR count). The highest BCUT2D eigenvalue weighted by Crippen LogP contribution is 2.15. The average Bonchev–Trinajstić information content (AvgIpc) is 2.37. The van der Waals surface area contributed by atoms with Gasteiger partial charge in [-0.25, -0.2) is 0 Å². The summed E-state index contributed by atoms with van der Waals surface area (Å²) in [5.74, 6) is 0.0480. The predicted octanol–water partition coefficient (Wildman–Crippen LogP) is 1.42. The van der Waals surface area contributed by atoms with E-state index in [1.165, 1.54) is 5.56 Å². The molecule has 0 radical (unpaired) electrons. The van der Waals surface area contributed by atoms with Crippen LogP contribution < -0.4 is 10.6 Å². The molecule has 0 saturated heterocycles. The molecule has 4 nitrogen and oxygen atoms in total. The largest absolute Gasteiger partial charge is 0.384 e. The van der Waals surface area contributed by atoms with Gasteiger partial charge in [0.25, 0.3) is 0 Å². The minimum absolute atomic E-state index is 0.0480. The van der Waals surface area contributed by atoms with Crippen LogP contribution in [0.25, 0.3) is 0 Å². The summed E-state index contributed by atoms with van der Waals surface area (Å²) in [6.45, 7) is 1.35. The molecule has 0 aliphatic carbocycles. The van der Waals surface area contributed by atoms with Crippen molar-refractivity contribution in [2.75, 3.05) is 32.6 Å². The normalized spacial score (nSPS) is 10.0. The Morgan fingerprint density at radius 3 is 2.82 bits per heavy atom. The zero-order valence-electron chi connectivity index (χ0n) is 10.5. The molecule has 17 heavy (non-hydrogen) atoms. The van der Waals surface area contributed by atoms with E-state index in [-0.39, 0.29) is 5.91 Å². The lowest BCUT2D eigenvalue weighted by Gasteiger charge is -2.11. The Balaban J connectivity index is 2.48. The fourth-order valence-corrected chi connectivity index (χ4v) is 1.56. The standard InChI is InChI=1S/C13H20N2O2/c1-14-13(16)7-9-15-12-6-4-3-5-11(12)8-10-17-2/h3-6,15H,7-10H2,1-2H3,(H,14,16). The molecule has 1 aromatic rings. The van der Waals surface area contributed by atoms with Crippen molar-refractivity contribution in [1.82, 2.24) is 5.32 Å². The number of hydrogen-bond donors (Lipinski definition) is 2. The van der Waals surface area contributed by atoms with Crippen LogP contribution >= 0.6 is 0 Å². The lowest BCUT2D eigenvalue weighted by Crippen LogP contribution is -2.21. The van der Waals surface area contributed by atoms with Gasteiger partial charge in [0, 0.05) is 32.8 Å². The van der Waals surface area contributed by atoms with E-state index in [1.54, 1.807) is 14.2 Å². The monoisotopic (exact) mass is 236 g/mol. The minimum atomic E-state index is 0.0480. The number of benzene rings is 1. The minimum Gasteiger partial charge on any atom is -0.384 e. The first-order chi connectivity index (χ1) is 8.27. The Hall–Kier alpha value is -1.55. The van der Waals surface area contributed by atoms with Crippen molar-refractivity contribution in [1.29, 1.82) is 0 Å². The second kappa shape index (κ2) is 7.68. The number of para-hydroxylation sites is 1. The summed E-state index contributed by atoms with van der Waals surface area (Å²) in [5.41, 5.74) is 2.29. The van der Waals surface area contributed by atoms with Crippen LogP contribution in [0.3, 0.4) is 0 Å². The van der Waals surface area contributed by atoms with Gasteiger partial charge < -0.3 is 15.4 Å². The Morgan fingerprint density at radius 1 is 1.35 bits per heavy atom. The van der Waals surface area contributed by atoms with Crippen LogP contribution in [0.2, 0.25) is 0 Å².